The first-order chi connectivity index (χ1) is 17.7. The van der Waals surface area contributed by atoms with Crippen LogP contribution in [0.1, 0.15) is 35.3 Å². The average Bonchev–Trinajstić information content (AvgIpc) is 2.83. The minimum Gasteiger partial charge on any atom is -0.382 e. The zero-order valence-corrected chi connectivity index (χ0v) is 21.7. The van der Waals surface area contributed by atoms with E-state index in [0.29, 0.717) is 41.9 Å². The topological polar surface area (TPSA) is 96.6 Å². The van der Waals surface area contributed by atoms with E-state index >= 15 is 4.39 Å². The first kappa shape index (κ1) is 25.1. The fourth-order valence-corrected chi connectivity index (χ4v) is 5.28. The van der Waals surface area contributed by atoms with Gasteiger partial charge < -0.3 is 25.6 Å². The van der Waals surface area contributed by atoms with Crippen molar-refractivity contribution < 1.29 is 13.9 Å². The normalized spacial score (nSPS) is 19.6. The molecule has 2 atom stereocenters. The van der Waals surface area contributed by atoms with Crippen LogP contribution < -0.4 is 16.0 Å². The molecular formula is C28H33FN6O2. The molecule has 1 aromatic heterocycles. The molecule has 3 aromatic rings. The molecule has 1 amide bonds. The first-order valence-corrected chi connectivity index (χ1v) is 12.6. The van der Waals surface area contributed by atoms with E-state index in [1.165, 1.54) is 0 Å². The summed E-state index contributed by atoms with van der Waals surface area (Å²) in [4.78, 5) is 25.2. The third kappa shape index (κ3) is 5.14. The van der Waals surface area contributed by atoms with Gasteiger partial charge in [0.05, 0.1) is 12.2 Å². The molecule has 0 radical (unpaired) electrons. The predicted molar refractivity (Wildman–Crippen MR) is 143 cm³/mol. The first-order valence-electron chi connectivity index (χ1n) is 12.6. The lowest BCUT2D eigenvalue weighted by Crippen LogP contribution is -2.46. The molecule has 2 aliphatic rings. The van der Waals surface area contributed by atoms with Crippen LogP contribution in [0.4, 0.5) is 15.9 Å². The second kappa shape index (κ2) is 10.1. The summed E-state index contributed by atoms with van der Waals surface area (Å²) in [5, 5.41) is 2.84. The van der Waals surface area contributed by atoms with Crippen LogP contribution in [-0.4, -0.2) is 66.7 Å². The number of aromatic nitrogens is 2. The summed E-state index contributed by atoms with van der Waals surface area (Å²) < 4.78 is 21.1. The van der Waals surface area contributed by atoms with Crippen LogP contribution in [0.3, 0.4) is 0 Å². The summed E-state index contributed by atoms with van der Waals surface area (Å²) in [6.07, 6.45) is 0.965. The Bertz CT molecular complexity index is 1330. The number of amides is 1. The number of anilines is 2. The molecule has 0 bridgehead atoms. The van der Waals surface area contributed by atoms with E-state index in [4.69, 9.17) is 10.5 Å². The van der Waals surface area contributed by atoms with E-state index in [2.05, 4.69) is 38.9 Å². The maximum Gasteiger partial charge on any atom is 0.251 e. The summed E-state index contributed by atoms with van der Waals surface area (Å²) in [7, 11) is 4.03. The number of nitrogens with two attached hydrogens (primary N) is 1. The van der Waals surface area contributed by atoms with Gasteiger partial charge in [0.15, 0.2) is 5.82 Å². The lowest BCUT2D eigenvalue weighted by atomic mass is 9.96. The maximum atomic E-state index is 15.2. The van der Waals surface area contributed by atoms with E-state index < -0.39 is 5.95 Å². The molecule has 0 aliphatic carbocycles. The van der Waals surface area contributed by atoms with Gasteiger partial charge in [-0.1, -0.05) is 12.1 Å². The number of halogens is 1. The molecule has 1 fully saturated rings. The molecule has 2 aromatic carbocycles. The largest absolute Gasteiger partial charge is 0.382 e. The van der Waals surface area contributed by atoms with Gasteiger partial charge in [0, 0.05) is 48.6 Å². The van der Waals surface area contributed by atoms with Crippen LogP contribution in [0.25, 0.3) is 22.5 Å². The third-order valence-electron chi connectivity index (χ3n) is 6.78. The number of fused-ring (bicyclic) bond motifs is 1. The Labute approximate surface area is 216 Å². The average molecular weight is 505 g/mol. The summed E-state index contributed by atoms with van der Waals surface area (Å²) in [5.74, 6) is -0.789. The van der Waals surface area contributed by atoms with Crippen LogP contribution in [0.2, 0.25) is 0 Å². The number of hydrogen-bond acceptors (Lipinski definition) is 7. The Kier molecular flexibility index (Phi) is 6.83. The smallest absolute Gasteiger partial charge is 0.251 e. The van der Waals surface area contributed by atoms with Crippen molar-refractivity contribution in [2.45, 2.75) is 39.0 Å². The number of nitrogens with zero attached hydrogens (tertiary/aromatic N) is 4. The van der Waals surface area contributed by atoms with Crippen molar-refractivity contribution in [1.29, 1.82) is 0 Å². The quantitative estimate of drug-likeness (QED) is 0.549. The SMILES string of the molecule is C[C@@H]1CN(c2ccc(-c3nc(-c4ccc5c(c4)CCNC5=O)c(N)nc3F)cc2CN(C)C)C[C@H](C)O1. The molecule has 0 saturated carbocycles. The number of benzene rings is 2. The molecule has 5 rings (SSSR count). The van der Waals surface area contributed by atoms with E-state index in [1.807, 2.05) is 38.4 Å². The van der Waals surface area contributed by atoms with Gasteiger partial charge in [-0.3, -0.25) is 4.79 Å². The van der Waals surface area contributed by atoms with E-state index in [9.17, 15) is 4.79 Å². The third-order valence-corrected chi connectivity index (χ3v) is 6.78. The minimum atomic E-state index is -0.712. The Hall–Kier alpha value is -3.56. The number of nitrogen functional groups attached to an aromatic ring is 1. The predicted octanol–water partition coefficient (Wildman–Crippen LogP) is 3.49. The fraction of sp³-hybridized carbons (Fsp3) is 0.393. The number of morpholine rings is 1. The molecular weight excluding hydrogens is 471 g/mol. The number of hydrogen-bond donors (Lipinski definition) is 2. The van der Waals surface area contributed by atoms with Crippen molar-refractivity contribution >= 4 is 17.4 Å². The Morgan fingerprint density at radius 3 is 2.51 bits per heavy atom. The highest BCUT2D eigenvalue weighted by molar-refractivity contribution is 5.97. The van der Waals surface area contributed by atoms with Crippen LogP contribution in [-0.2, 0) is 17.7 Å². The van der Waals surface area contributed by atoms with Gasteiger partial charge in [0.1, 0.15) is 11.4 Å². The molecule has 1 saturated heterocycles. The number of carbonyl (C=O) groups excluding carboxylic acids is 1. The number of nitrogens with one attached hydrogen (secondary N) is 1. The van der Waals surface area contributed by atoms with Gasteiger partial charge in [-0.05, 0) is 69.8 Å². The van der Waals surface area contributed by atoms with E-state index in [0.717, 1.165) is 29.9 Å². The van der Waals surface area contributed by atoms with Crippen LogP contribution >= 0.6 is 0 Å². The second-order valence-electron chi connectivity index (χ2n) is 10.2. The summed E-state index contributed by atoms with van der Waals surface area (Å²) >= 11 is 0. The van der Waals surface area contributed by atoms with Crippen molar-refractivity contribution in [3.05, 3.63) is 59.0 Å². The van der Waals surface area contributed by atoms with Crippen LogP contribution in [0.5, 0.6) is 0 Å². The molecule has 0 spiro atoms. The number of ether oxygens (including phenoxy) is 1. The van der Waals surface area contributed by atoms with Crippen molar-refractivity contribution in [2.24, 2.45) is 0 Å². The van der Waals surface area contributed by atoms with Gasteiger partial charge in [-0.2, -0.15) is 9.37 Å². The van der Waals surface area contributed by atoms with Gasteiger partial charge in [0.25, 0.3) is 5.91 Å². The Balaban J connectivity index is 1.56. The van der Waals surface area contributed by atoms with Crippen LogP contribution in [0, 0.1) is 5.95 Å². The molecule has 9 heteroatoms. The fourth-order valence-electron chi connectivity index (χ4n) is 5.28. The number of carbonyl (C=O) groups is 1. The van der Waals surface area contributed by atoms with E-state index in [1.54, 1.807) is 12.1 Å². The second-order valence-corrected chi connectivity index (χ2v) is 10.2. The zero-order chi connectivity index (χ0) is 26.3. The summed E-state index contributed by atoms with van der Waals surface area (Å²) in [5.41, 5.74) is 11.8. The molecule has 0 unspecified atom stereocenters. The van der Waals surface area contributed by atoms with Crippen molar-refractivity contribution in [3.8, 4) is 22.5 Å². The van der Waals surface area contributed by atoms with E-state index in [-0.39, 0.29) is 29.6 Å². The Morgan fingerprint density at radius 1 is 1.08 bits per heavy atom. The molecule has 37 heavy (non-hydrogen) atoms. The molecule has 194 valence electrons. The monoisotopic (exact) mass is 504 g/mol. The standard InChI is InChI=1S/C28H33FN6O2/c1-16-13-35(14-17(2)37-16)23-8-6-19(12-21(23)15-34(3)4)24-26(29)33-27(30)25(32-24)20-5-7-22-18(11-20)9-10-31-28(22)36/h5-8,11-12,16-17H,9-10,13-15H2,1-4H3,(H2,30,33)(H,31,36)/t16-,17+. The zero-order valence-electron chi connectivity index (χ0n) is 21.7. The van der Waals surface area contributed by atoms with Crippen molar-refractivity contribution in [1.82, 2.24) is 20.2 Å². The highest BCUT2D eigenvalue weighted by Crippen LogP contribution is 2.33. The van der Waals surface area contributed by atoms with Gasteiger partial charge >= 0.3 is 0 Å². The number of rotatable bonds is 5. The molecule has 8 nitrogen and oxygen atoms in total. The Morgan fingerprint density at radius 2 is 1.78 bits per heavy atom. The lowest BCUT2D eigenvalue weighted by molar-refractivity contribution is -0.00528. The summed E-state index contributed by atoms with van der Waals surface area (Å²) in [6, 6.07) is 11.4. The van der Waals surface area contributed by atoms with Gasteiger partial charge in [-0.25, -0.2) is 4.98 Å². The van der Waals surface area contributed by atoms with Gasteiger partial charge in [0.2, 0.25) is 5.95 Å². The summed E-state index contributed by atoms with van der Waals surface area (Å²) in [6.45, 7) is 7.01. The minimum absolute atomic E-state index is 0.0166. The molecule has 3 N–H and O–H groups in total. The highest BCUT2D eigenvalue weighted by atomic mass is 19.1. The maximum absolute atomic E-state index is 15.2. The van der Waals surface area contributed by atoms with Crippen LogP contribution in [0.15, 0.2) is 36.4 Å². The molecule has 2 aliphatic heterocycles. The molecule has 3 heterocycles. The lowest BCUT2D eigenvalue weighted by Gasteiger charge is -2.38. The highest BCUT2D eigenvalue weighted by Gasteiger charge is 2.25. The van der Waals surface area contributed by atoms with Crippen molar-refractivity contribution in [2.75, 3.05) is 44.4 Å². The van der Waals surface area contributed by atoms with Crippen molar-refractivity contribution in [3.63, 3.8) is 0 Å². The van der Waals surface area contributed by atoms with Gasteiger partial charge in [-0.15, -0.1) is 0 Å².